The normalized spacial score (nSPS) is 14.2. The van der Waals surface area contributed by atoms with E-state index in [0.29, 0.717) is 6.61 Å². The molecule has 0 radical (unpaired) electrons. The first-order valence-corrected chi connectivity index (χ1v) is 6.29. The molecule has 0 rings (SSSR count). The van der Waals surface area contributed by atoms with Crippen molar-refractivity contribution in [3.05, 3.63) is 12.7 Å². The van der Waals surface area contributed by atoms with Gasteiger partial charge in [0.1, 0.15) is 13.1 Å². The Hall–Kier alpha value is -0.0700. The van der Waals surface area contributed by atoms with E-state index in [4.69, 9.17) is 4.74 Å². The van der Waals surface area contributed by atoms with Crippen LogP contribution in [0.15, 0.2) is 12.7 Å². The zero-order chi connectivity index (χ0) is 9.61. The van der Waals surface area contributed by atoms with Crippen LogP contribution in [-0.4, -0.2) is 18.6 Å². The van der Waals surface area contributed by atoms with Crippen LogP contribution in [0.25, 0.3) is 0 Å². The van der Waals surface area contributed by atoms with Gasteiger partial charge in [-0.2, -0.15) is 0 Å². The maximum atomic E-state index is 11.5. The van der Waals surface area contributed by atoms with Crippen molar-refractivity contribution in [2.24, 2.45) is 0 Å². The van der Waals surface area contributed by atoms with Crippen LogP contribution in [0.3, 0.4) is 0 Å². The first-order valence-electron chi connectivity index (χ1n) is 4.38. The van der Waals surface area contributed by atoms with Crippen molar-refractivity contribution in [2.75, 3.05) is 13.3 Å². The lowest BCUT2D eigenvalue weighted by Crippen LogP contribution is -2.26. The van der Waals surface area contributed by atoms with Gasteiger partial charge >= 0.3 is 0 Å². The number of ether oxygens (including phenoxy) is 1. The molecule has 2 nitrogen and oxygen atoms in total. The second-order valence-electron chi connectivity index (χ2n) is 2.86. The summed E-state index contributed by atoms with van der Waals surface area (Å²) in [5, 5.41) is -0.390. The molecule has 0 saturated heterocycles. The highest BCUT2D eigenvalue weighted by Crippen LogP contribution is 2.42. The minimum Gasteiger partial charge on any atom is -0.364 e. The van der Waals surface area contributed by atoms with Gasteiger partial charge in [0.15, 0.2) is 0 Å². The Bertz CT molecular complexity index is 162. The molecule has 0 fully saturated rings. The fraction of sp³-hybridized carbons (Fsp3) is 0.778. The molecule has 0 aliphatic carbocycles. The zero-order valence-corrected chi connectivity index (χ0v) is 9.22. The molecule has 1 unspecified atom stereocenters. The third-order valence-corrected chi connectivity index (χ3v) is 4.40. The van der Waals surface area contributed by atoms with Crippen molar-refractivity contribution in [3.63, 3.8) is 0 Å². The van der Waals surface area contributed by atoms with E-state index in [-0.39, 0.29) is 0 Å². The van der Waals surface area contributed by atoms with Crippen molar-refractivity contribution < 1.29 is 9.30 Å². The third kappa shape index (κ3) is 2.76. The Kier molecular flexibility index (Phi) is 5.52. The molecule has 72 valence electrons. The van der Waals surface area contributed by atoms with E-state index in [9.17, 15) is 4.57 Å². The van der Waals surface area contributed by atoms with E-state index in [1.54, 1.807) is 12.7 Å². The second kappa shape index (κ2) is 5.55. The first kappa shape index (κ1) is 11.9. The predicted molar refractivity (Wildman–Crippen MR) is 54.4 cm³/mol. The molecule has 0 aromatic rings. The van der Waals surface area contributed by atoms with Crippen molar-refractivity contribution in [1.29, 1.82) is 0 Å². The Morgan fingerprint density at radius 3 is 2.25 bits per heavy atom. The van der Waals surface area contributed by atoms with Crippen molar-refractivity contribution in [1.82, 2.24) is 0 Å². The molecule has 1 atom stereocenters. The highest BCUT2D eigenvalue weighted by Gasteiger charge is 2.30. The summed E-state index contributed by atoms with van der Waals surface area (Å²) in [6, 6.07) is 0. The number of hydrogen-bond acceptors (Lipinski definition) is 2. The largest absolute Gasteiger partial charge is 0.364 e. The van der Waals surface area contributed by atoms with Crippen LogP contribution in [-0.2, 0) is 9.30 Å². The van der Waals surface area contributed by atoms with Crippen LogP contribution in [0, 0.1) is 0 Å². The smallest absolute Gasteiger partial charge is 0.118 e. The summed E-state index contributed by atoms with van der Waals surface area (Å²) < 4.78 is 17.0. The van der Waals surface area contributed by atoms with Crippen LogP contribution in [0.1, 0.15) is 26.7 Å². The first-order chi connectivity index (χ1) is 5.63. The molecule has 0 aliphatic rings. The topological polar surface area (TPSA) is 26.3 Å². The van der Waals surface area contributed by atoms with Gasteiger partial charge in [0, 0.05) is 0 Å². The average molecular weight is 190 g/mol. The van der Waals surface area contributed by atoms with Crippen molar-refractivity contribution in [2.45, 2.75) is 32.0 Å². The SMILES string of the molecule is C=CCOC(CC)(CC)[PH](C)=O. The van der Waals surface area contributed by atoms with Gasteiger partial charge < -0.3 is 9.30 Å². The second-order valence-corrected chi connectivity index (χ2v) is 4.88. The van der Waals surface area contributed by atoms with Gasteiger partial charge in [-0.05, 0) is 19.5 Å². The fourth-order valence-electron chi connectivity index (χ4n) is 1.27. The minimum atomic E-state index is -1.63. The number of rotatable bonds is 6. The highest BCUT2D eigenvalue weighted by atomic mass is 31.1. The monoisotopic (exact) mass is 190 g/mol. The van der Waals surface area contributed by atoms with Crippen molar-refractivity contribution >= 4 is 7.80 Å². The highest BCUT2D eigenvalue weighted by molar-refractivity contribution is 7.45. The van der Waals surface area contributed by atoms with Gasteiger partial charge in [-0.3, -0.25) is 0 Å². The molecule has 0 aliphatic heterocycles. The fourth-order valence-corrected chi connectivity index (χ4v) is 2.55. The van der Waals surface area contributed by atoms with Gasteiger partial charge in [-0.25, -0.2) is 0 Å². The quantitative estimate of drug-likeness (QED) is 0.475. The molecule has 0 spiro atoms. The van der Waals surface area contributed by atoms with E-state index in [2.05, 4.69) is 6.58 Å². The van der Waals surface area contributed by atoms with Gasteiger partial charge in [0.05, 0.1) is 6.61 Å². The Morgan fingerprint density at radius 2 is 2.00 bits per heavy atom. The molecule has 0 aromatic carbocycles. The van der Waals surface area contributed by atoms with Crippen LogP contribution < -0.4 is 0 Å². The van der Waals surface area contributed by atoms with E-state index in [0.717, 1.165) is 12.8 Å². The summed E-state index contributed by atoms with van der Waals surface area (Å²) in [5.74, 6) is 0. The molecule has 0 bridgehead atoms. The summed E-state index contributed by atoms with van der Waals surface area (Å²) in [6.45, 7) is 9.86. The van der Waals surface area contributed by atoms with E-state index in [1.807, 2.05) is 13.8 Å². The van der Waals surface area contributed by atoms with Crippen molar-refractivity contribution in [3.8, 4) is 0 Å². The molecule has 0 aromatic heterocycles. The zero-order valence-electron chi connectivity index (χ0n) is 8.22. The standard InChI is InChI=1S/C9H19O2P/c1-5-8-11-9(6-2,7-3)12(4)10/h5,12H,1,6-8H2,2-4H3. The van der Waals surface area contributed by atoms with Gasteiger partial charge in [0.2, 0.25) is 0 Å². The lowest BCUT2D eigenvalue weighted by Gasteiger charge is -2.29. The van der Waals surface area contributed by atoms with Gasteiger partial charge in [-0.15, -0.1) is 6.58 Å². The molecule has 0 saturated carbocycles. The minimum absolute atomic E-state index is 0.390. The Morgan fingerprint density at radius 1 is 1.50 bits per heavy atom. The van der Waals surface area contributed by atoms with Crippen LogP contribution in [0.4, 0.5) is 0 Å². The van der Waals surface area contributed by atoms with Crippen LogP contribution >= 0.6 is 7.80 Å². The van der Waals surface area contributed by atoms with Gasteiger partial charge in [0.25, 0.3) is 0 Å². The molecular weight excluding hydrogens is 171 g/mol. The third-order valence-electron chi connectivity index (χ3n) is 2.26. The maximum absolute atomic E-state index is 11.5. The lowest BCUT2D eigenvalue weighted by molar-refractivity contribution is 0.0317. The summed E-state index contributed by atoms with van der Waals surface area (Å²) in [6.07, 6.45) is 3.32. The van der Waals surface area contributed by atoms with E-state index >= 15 is 0 Å². The predicted octanol–water partition coefficient (Wildman–Crippen LogP) is 2.89. The summed E-state index contributed by atoms with van der Waals surface area (Å²) in [5.41, 5.74) is 0. The summed E-state index contributed by atoms with van der Waals surface area (Å²) in [4.78, 5) is 0. The van der Waals surface area contributed by atoms with Gasteiger partial charge in [-0.1, -0.05) is 19.9 Å². The van der Waals surface area contributed by atoms with E-state index in [1.165, 1.54) is 0 Å². The van der Waals surface area contributed by atoms with Crippen LogP contribution in [0.2, 0.25) is 0 Å². The van der Waals surface area contributed by atoms with E-state index < -0.39 is 13.1 Å². The molecule has 0 heterocycles. The molecule has 0 amide bonds. The lowest BCUT2D eigenvalue weighted by atomic mass is 10.2. The summed E-state index contributed by atoms with van der Waals surface area (Å²) >= 11 is 0. The average Bonchev–Trinajstić information content (AvgIpc) is 2.07. The molecule has 3 heteroatoms. The summed E-state index contributed by atoms with van der Waals surface area (Å²) in [7, 11) is -1.63. The number of hydrogen-bond donors (Lipinski definition) is 0. The molecule has 12 heavy (non-hydrogen) atoms. The molecule has 0 N–H and O–H groups in total. The Labute approximate surface area is 75.8 Å². The maximum Gasteiger partial charge on any atom is 0.118 e. The molecular formula is C9H19O2P. The Balaban J connectivity index is 4.34. The van der Waals surface area contributed by atoms with Crippen LogP contribution in [0.5, 0.6) is 0 Å².